The highest BCUT2D eigenvalue weighted by Crippen LogP contribution is 2.20. The zero-order valence-electron chi connectivity index (χ0n) is 13.3. The number of benzene rings is 1. The molecular formula is C17H18ClN3O2S. The number of hydrogen-bond donors (Lipinski definition) is 0. The van der Waals surface area contributed by atoms with Gasteiger partial charge in [0.15, 0.2) is 0 Å². The van der Waals surface area contributed by atoms with E-state index in [4.69, 9.17) is 16.3 Å². The number of aromatic nitrogens is 2. The van der Waals surface area contributed by atoms with Crippen LogP contribution in [0.2, 0.25) is 5.02 Å². The molecule has 1 saturated heterocycles. The molecule has 1 aliphatic heterocycles. The molecule has 126 valence electrons. The van der Waals surface area contributed by atoms with Crippen molar-refractivity contribution < 1.29 is 9.53 Å². The van der Waals surface area contributed by atoms with Crippen molar-refractivity contribution in [3.63, 3.8) is 0 Å². The largest absolute Gasteiger partial charge is 0.458 e. The number of piperidine rings is 1. The van der Waals surface area contributed by atoms with Gasteiger partial charge in [0.25, 0.3) is 5.91 Å². The van der Waals surface area contributed by atoms with Crippen molar-refractivity contribution in [3.8, 4) is 6.01 Å². The lowest BCUT2D eigenvalue weighted by molar-refractivity contribution is 0.0516. The molecule has 5 nitrogen and oxygen atoms in total. The predicted molar refractivity (Wildman–Crippen MR) is 94.8 cm³/mol. The number of carbonyl (C=O) groups excluding carboxylic acids is 1. The summed E-state index contributed by atoms with van der Waals surface area (Å²) in [4.78, 5) is 23.7. The van der Waals surface area contributed by atoms with Gasteiger partial charge in [-0.1, -0.05) is 11.6 Å². The number of likely N-dealkylation sites (tertiary alicyclic amines) is 1. The molecule has 2 heterocycles. The lowest BCUT2D eigenvalue weighted by atomic mass is 10.1. The molecule has 0 saturated carbocycles. The van der Waals surface area contributed by atoms with Gasteiger partial charge in [-0.05, 0) is 43.4 Å². The minimum absolute atomic E-state index is 0.0352. The highest BCUT2D eigenvalue weighted by molar-refractivity contribution is 7.98. The van der Waals surface area contributed by atoms with Crippen molar-refractivity contribution in [2.75, 3.05) is 19.3 Å². The maximum atomic E-state index is 12.7. The minimum atomic E-state index is -0.102. The quantitative estimate of drug-likeness (QED) is 0.778. The Balaban J connectivity index is 1.63. The first kappa shape index (κ1) is 17.0. The number of thioether (sulfide) groups is 1. The number of ether oxygens (including phenoxy) is 1. The molecule has 1 atom stereocenters. The molecule has 1 fully saturated rings. The summed E-state index contributed by atoms with van der Waals surface area (Å²) in [6, 6.07) is 7.99. The molecule has 3 rings (SSSR count). The zero-order chi connectivity index (χ0) is 16.9. The van der Waals surface area contributed by atoms with E-state index in [-0.39, 0.29) is 12.0 Å². The lowest BCUT2D eigenvalue weighted by Crippen LogP contribution is -2.44. The van der Waals surface area contributed by atoms with Gasteiger partial charge < -0.3 is 9.64 Å². The first-order chi connectivity index (χ1) is 11.7. The number of halogens is 1. The van der Waals surface area contributed by atoms with Crippen LogP contribution in [0.15, 0.2) is 41.6 Å². The van der Waals surface area contributed by atoms with Crippen LogP contribution in [0.4, 0.5) is 0 Å². The summed E-state index contributed by atoms with van der Waals surface area (Å²) in [5, 5.41) is 0.469. The third-order valence-electron chi connectivity index (χ3n) is 3.87. The third kappa shape index (κ3) is 4.19. The molecule has 0 radical (unpaired) electrons. The van der Waals surface area contributed by atoms with Crippen LogP contribution in [-0.4, -0.2) is 46.2 Å². The van der Waals surface area contributed by atoms with E-state index in [0.29, 0.717) is 23.1 Å². The number of rotatable bonds is 4. The topological polar surface area (TPSA) is 55.3 Å². The van der Waals surface area contributed by atoms with Gasteiger partial charge in [0.2, 0.25) is 0 Å². The smallest absolute Gasteiger partial charge is 0.316 e. The van der Waals surface area contributed by atoms with Gasteiger partial charge in [-0.2, -0.15) is 0 Å². The fraction of sp³-hybridized carbons (Fsp3) is 0.353. The van der Waals surface area contributed by atoms with Crippen LogP contribution in [0.1, 0.15) is 23.2 Å². The SMILES string of the molecule is CSc1ccc(C(=O)N2CCCC(Oc3ncc(Cl)cn3)C2)cc1. The fourth-order valence-corrected chi connectivity index (χ4v) is 3.15. The van der Waals surface area contributed by atoms with Crippen molar-refractivity contribution in [2.45, 2.75) is 23.8 Å². The Morgan fingerprint density at radius 3 is 2.67 bits per heavy atom. The van der Waals surface area contributed by atoms with E-state index in [1.54, 1.807) is 11.8 Å². The first-order valence-corrected chi connectivity index (χ1v) is 9.33. The molecule has 1 unspecified atom stereocenters. The van der Waals surface area contributed by atoms with Gasteiger partial charge in [0.05, 0.1) is 24.0 Å². The molecule has 2 aromatic rings. The van der Waals surface area contributed by atoms with Crippen molar-refractivity contribution in [1.82, 2.24) is 14.9 Å². The van der Waals surface area contributed by atoms with Gasteiger partial charge in [0.1, 0.15) is 6.10 Å². The summed E-state index contributed by atoms with van der Waals surface area (Å²) in [7, 11) is 0. The van der Waals surface area contributed by atoms with Crippen LogP contribution in [0.5, 0.6) is 6.01 Å². The summed E-state index contributed by atoms with van der Waals surface area (Å²) in [6.07, 6.45) is 6.69. The van der Waals surface area contributed by atoms with E-state index in [9.17, 15) is 4.79 Å². The summed E-state index contributed by atoms with van der Waals surface area (Å²) < 4.78 is 5.78. The molecule has 0 bridgehead atoms. The summed E-state index contributed by atoms with van der Waals surface area (Å²) in [5.74, 6) is 0.0352. The molecule has 7 heteroatoms. The van der Waals surface area contributed by atoms with E-state index in [0.717, 1.165) is 24.3 Å². The van der Waals surface area contributed by atoms with E-state index in [1.807, 2.05) is 35.4 Å². The second-order valence-electron chi connectivity index (χ2n) is 5.55. The molecule has 0 N–H and O–H groups in total. The predicted octanol–water partition coefficient (Wildman–Crippen LogP) is 3.54. The molecule has 1 aliphatic rings. The molecule has 0 spiro atoms. The van der Waals surface area contributed by atoms with Crippen LogP contribution >= 0.6 is 23.4 Å². The van der Waals surface area contributed by atoms with E-state index in [1.165, 1.54) is 12.4 Å². The van der Waals surface area contributed by atoms with Crippen LogP contribution in [0, 0.1) is 0 Å². The molecule has 24 heavy (non-hydrogen) atoms. The maximum Gasteiger partial charge on any atom is 0.316 e. The number of carbonyl (C=O) groups is 1. The van der Waals surface area contributed by atoms with Gasteiger partial charge in [0, 0.05) is 17.0 Å². The highest BCUT2D eigenvalue weighted by atomic mass is 35.5. The van der Waals surface area contributed by atoms with Gasteiger partial charge in [-0.25, -0.2) is 9.97 Å². The van der Waals surface area contributed by atoms with Crippen molar-refractivity contribution in [3.05, 3.63) is 47.2 Å². The Hall–Kier alpha value is -1.79. The average molecular weight is 364 g/mol. The Morgan fingerprint density at radius 1 is 1.29 bits per heavy atom. The lowest BCUT2D eigenvalue weighted by Gasteiger charge is -2.32. The van der Waals surface area contributed by atoms with Crippen LogP contribution in [0.25, 0.3) is 0 Å². The second kappa shape index (κ2) is 7.85. The van der Waals surface area contributed by atoms with E-state index in [2.05, 4.69) is 9.97 Å². The number of hydrogen-bond acceptors (Lipinski definition) is 5. The Kier molecular flexibility index (Phi) is 5.58. The van der Waals surface area contributed by atoms with E-state index >= 15 is 0 Å². The van der Waals surface area contributed by atoms with Crippen molar-refractivity contribution in [2.24, 2.45) is 0 Å². The summed E-state index contributed by atoms with van der Waals surface area (Å²) in [5.41, 5.74) is 0.705. The van der Waals surface area contributed by atoms with Crippen LogP contribution in [0.3, 0.4) is 0 Å². The molecular weight excluding hydrogens is 346 g/mol. The van der Waals surface area contributed by atoms with Gasteiger partial charge in [-0.15, -0.1) is 11.8 Å². The van der Waals surface area contributed by atoms with Crippen molar-refractivity contribution in [1.29, 1.82) is 0 Å². The minimum Gasteiger partial charge on any atom is -0.458 e. The summed E-state index contributed by atoms with van der Waals surface area (Å²) >= 11 is 7.43. The maximum absolute atomic E-state index is 12.7. The highest BCUT2D eigenvalue weighted by Gasteiger charge is 2.26. The monoisotopic (exact) mass is 363 g/mol. The fourth-order valence-electron chi connectivity index (χ4n) is 2.65. The Bertz CT molecular complexity index is 694. The Morgan fingerprint density at radius 2 is 2.00 bits per heavy atom. The average Bonchev–Trinajstić information content (AvgIpc) is 2.63. The number of nitrogens with zero attached hydrogens (tertiary/aromatic N) is 3. The third-order valence-corrected chi connectivity index (χ3v) is 4.81. The summed E-state index contributed by atoms with van der Waals surface area (Å²) in [6.45, 7) is 1.28. The second-order valence-corrected chi connectivity index (χ2v) is 6.86. The normalized spacial score (nSPS) is 17.6. The van der Waals surface area contributed by atoms with Gasteiger partial charge >= 0.3 is 6.01 Å². The van der Waals surface area contributed by atoms with Crippen molar-refractivity contribution >= 4 is 29.3 Å². The molecule has 1 aromatic carbocycles. The van der Waals surface area contributed by atoms with Gasteiger partial charge in [-0.3, -0.25) is 4.79 Å². The standard InChI is InChI=1S/C17H18ClN3O2S/c1-24-15-6-4-12(5-7-15)16(22)21-8-2-3-14(11-21)23-17-19-9-13(18)10-20-17/h4-7,9-10,14H,2-3,8,11H2,1H3. The molecule has 1 amide bonds. The van der Waals surface area contributed by atoms with Crippen LogP contribution < -0.4 is 4.74 Å². The molecule has 0 aliphatic carbocycles. The first-order valence-electron chi connectivity index (χ1n) is 7.73. The van der Waals surface area contributed by atoms with E-state index < -0.39 is 0 Å². The zero-order valence-corrected chi connectivity index (χ0v) is 14.9. The number of amides is 1. The molecule has 1 aromatic heterocycles. The van der Waals surface area contributed by atoms with Crippen LogP contribution in [-0.2, 0) is 0 Å². The Labute approximate surface area is 150 Å².